The second-order valence-electron chi connectivity index (χ2n) is 5.04. The standard InChI is InChI=1S/C14H16FN5O/c1-20-7-6-13(19-20)16-14(21)12-8-11(17-18-12)9-2-4-10(15)5-3-9/h2-7,11-12,17-18H,8H2,1H3,(H,16,19,21). The fourth-order valence-electron chi connectivity index (χ4n) is 2.34. The second kappa shape index (κ2) is 5.63. The molecular formula is C14H16FN5O. The van der Waals surface area contributed by atoms with Crippen molar-refractivity contribution >= 4 is 11.7 Å². The molecule has 2 atom stereocenters. The molecule has 0 saturated carbocycles. The molecule has 1 saturated heterocycles. The van der Waals surface area contributed by atoms with E-state index in [9.17, 15) is 9.18 Å². The highest BCUT2D eigenvalue weighted by atomic mass is 19.1. The lowest BCUT2D eigenvalue weighted by Crippen LogP contribution is -2.39. The van der Waals surface area contributed by atoms with E-state index in [1.165, 1.54) is 12.1 Å². The summed E-state index contributed by atoms with van der Waals surface area (Å²) in [6, 6.07) is 7.61. The first-order valence-electron chi connectivity index (χ1n) is 6.69. The summed E-state index contributed by atoms with van der Waals surface area (Å²) >= 11 is 0. The van der Waals surface area contributed by atoms with Crippen LogP contribution in [-0.2, 0) is 11.8 Å². The molecule has 1 aromatic heterocycles. The maximum atomic E-state index is 12.9. The zero-order valence-electron chi connectivity index (χ0n) is 11.5. The third kappa shape index (κ3) is 3.09. The van der Waals surface area contributed by atoms with Gasteiger partial charge in [-0.2, -0.15) is 5.10 Å². The highest BCUT2D eigenvalue weighted by Crippen LogP contribution is 2.22. The molecule has 2 aromatic rings. The molecule has 3 rings (SSSR count). The molecule has 1 aromatic carbocycles. The topological polar surface area (TPSA) is 71.0 Å². The summed E-state index contributed by atoms with van der Waals surface area (Å²) in [7, 11) is 1.79. The molecule has 0 aliphatic carbocycles. The van der Waals surface area contributed by atoms with Gasteiger partial charge in [-0.1, -0.05) is 12.1 Å². The van der Waals surface area contributed by atoms with Gasteiger partial charge in [-0.15, -0.1) is 0 Å². The smallest absolute Gasteiger partial charge is 0.244 e. The number of amides is 1. The molecule has 2 heterocycles. The Labute approximate surface area is 121 Å². The van der Waals surface area contributed by atoms with E-state index >= 15 is 0 Å². The number of nitrogens with one attached hydrogen (secondary N) is 3. The van der Waals surface area contributed by atoms with Gasteiger partial charge in [0, 0.05) is 25.4 Å². The predicted octanol–water partition coefficient (Wildman–Crippen LogP) is 1.11. The molecule has 1 amide bonds. The molecule has 3 N–H and O–H groups in total. The van der Waals surface area contributed by atoms with Crippen molar-refractivity contribution in [2.45, 2.75) is 18.5 Å². The van der Waals surface area contributed by atoms with Crippen LogP contribution >= 0.6 is 0 Å². The van der Waals surface area contributed by atoms with Crippen LogP contribution in [0.4, 0.5) is 10.2 Å². The van der Waals surface area contributed by atoms with Crippen LogP contribution in [0.25, 0.3) is 0 Å². The fraction of sp³-hybridized carbons (Fsp3) is 0.286. The quantitative estimate of drug-likeness (QED) is 0.791. The number of nitrogens with zero attached hydrogens (tertiary/aromatic N) is 2. The van der Waals surface area contributed by atoms with Gasteiger partial charge in [0.15, 0.2) is 5.82 Å². The van der Waals surface area contributed by atoms with Gasteiger partial charge in [0.1, 0.15) is 11.9 Å². The Bertz CT molecular complexity index is 639. The Hall–Kier alpha value is -2.25. The highest BCUT2D eigenvalue weighted by molar-refractivity contribution is 5.94. The van der Waals surface area contributed by atoms with Crippen molar-refractivity contribution in [3.8, 4) is 0 Å². The minimum atomic E-state index is -0.359. The Balaban J connectivity index is 1.61. The van der Waals surface area contributed by atoms with Crippen LogP contribution in [0.2, 0.25) is 0 Å². The second-order valence-corrected chi connectivity index (χ2v) is 5.04. The van der Waals surface area contributed by atoms with E-state index in [1.807, 2.05) is 0 Å². The van der Waals surface area contributed by atoms with E-state index in [4.69, 9.17) is 0 Å². The number of carbonyl (C=O) groups is 1. The molecule has 2 unspecified atom stereocenters. The van der Waals surface area contributed by atoms with E-state index in [2.05, 4.69) is 21.3 Å². The normalized spacial score (nSPS) is 21.4. The monoisotopic (exact) mass is 289 g/mol. The highest BCUT2D eigenvalue weighted by Gasteiger charge is 2.30. The molecule has 21 heavy (non-hydrogen) atoms. The maximum absolute atomic E-state index is 12.9. The van der Waals surface area contributed by atoms with Crippen LogP contribution < -0.4 is 16.2 Å². The average molecular weight is 289 g/mol. The molecule has 0 radical (unpaired) electrons. The Kier molecular flexibility index (Phi) is 3.68. The third-order valence-electron chi connectivity index (χ3n) is 3.46. The van der Waals surface area contributed by atoms with Gasteiger partial charge in [-0.05, 0) is 24.1 Å². The maximum Gasteiger partial charge on any atom is 0.244 e. The van der Waals surface area contributed by atoms with Gasteiger partial charge >= 0.3 is 0 Å². The van der Waals surface area contributed by atoms with Crippen molar-refractivity contribution in [1.82, 2.24) is 20.6 Å². The Morgan fingerprint density at radius 1 is 1.33 bits per heavy atom. The first-order chi connectivity index (χ1) is 10.1. The summed E-state index contributed by atoms with van der Waals surface area (Å²) in [6.45, 7) is 0. The number of hydrogen-bond donors (Lipinski definition) is 3. The number of anilines is 1. The molecule has 0 spiro atoms. The molecule has 1 aliphatic heterocycles. The number of hydrazine groups is 1. The zero-order chi connectivity index (χ0) is 14.8. The van der Waals surface area contributed by atoms with Crippen molar-refractivity contribution in [1.29, 1.82) is 0 Å². The van der Waals surface area contributed by atoms with Gasteiger partial charge in [0.2, 0.25) is 5.91 Å². The first kappa shape index (κ1) is 13.7. The molecular weight excluding hydrogens is 273 g/mol. The average Bonchev–Trinajstić information content (AvgIpc) is 3.09. The first-order valence-corrected chi connectivity index (χ1v) is 6.69. The van der Waals surface area contributed by atoms with Gasteiger partial charge in [0.05, 0.1) is 0 Å². The van der Waals surface area contributed by atoms with E-state index in [0.29, 0.717) is 12.2 Å². The molecule has 0 bridgehead atoms. The Morgan fingerprint density at radius 3 is 2.76 bits per heavy atom. The van der Waals surface area contributed by atoms with Crippen molar-refractivity contribution in [3.05, 3.63) is 47.9 Å². The number of hydrogen-bond acceptors (Lipinski definition) is 4. The van der Waals surface area contributed by atoms with E-state index in [-0.39, 0.29) is 23.8 Å². The summed E-state index contributed by atoms with van der Waals surface area (Å²) < 4.78 is 14.5. The third-order valence-corrected chi connectivity index (χ3v) is 3.46. The minimum Gasteiger partial charge on any atom is -0.308 e. The number of aromatic nitrogens is 2. The lowest BCUT2D eigenvalue weighted by atomic mass is 10.0. The predicted molar refractivity (Wildman–Crippen MR) is 75.7 cm³/mol. The summed E-state index contributed by atoms with van der Waals surface area (Å²) in [4.78, 5) is 12.1. The Morgan fingerprint density at radius 2 is 2.10 bits per heavy atom. The van der Waals surface area contributed by atoms with Crippen molar-refractivity contribution < 1.29 is 9.18 Å². The molecule has 1 aliphatic rings. The van der Waals surface area contributed by atoms with E-state index in [1.54, 1.807) is 36.1 Å². The van der Waals surface area contributed by atoms with Gasteiger partial charge < -0.3 is 5.32 Å². The zero-order valence-corrected chi connectivity index (χ0v) is 11.5. The SMILES string of the molecule is Cn1ccc(NC(=O)C2CC(c3ccc(F)cc3)NN2)n1. The van der Waals surface area contributed by atoms with E-state index in [0.717, 1.165) is 5.56 Å². The summed E-state index contributed by atoms with van der Waals surface area (Å²) in [5, 5.41) is 6.86. The molecule has 110 valence electrons. The summed E-state index contributed by atoms with van der Waals surface area (Å²) in [5.74, 6) is 0.106. The van der Waals surface area contributed by atoms with Crippen LogP contribution in [0.5, 0.6) is 0 Å². The molecule has 1 fully saturated rings. The van der Waals surface area contributed by atoms with E-state index < -0.39 is 0 Å². The van der Waals surface area contributed by atoms with Crippen LogP contribution in [-0.4, -0.2) is 21.7 Å². The van der Waals surface area contributed by atoms with Gasteiger partial charge in [-0.3, -0.25) is 9.48 Å². The van der Waals surface area contributed by atoms with Crippen molar-refractivity contribution in [2.75, 3.05) is 5.32 Å². The molecule has 7 heteroatoms. The lowest BCUT2D eigenvalue weighted by Gasteiger charge is -2.09. The van der Waals surface area contributed by atoms with Crippen LogP contribution in [0, 0.1) is 5.82 Å². The number of halogens is 1. The van der Waals surface area contributed by atoms with Crippen LogP contribution in [0.1, 0.15) is 18.0 Å². The molecule has 6 nitrogen and oxygen atoms in total. The number of aryl methyl sites for hydroxylation is 1. The van der Waals surface area contributed by atoms with Crippen molar-refractivity contribution in [2.24, 2.45) is 7.05 Å². The number of rotatable bonds is 3. The van der Waals surface area contributed by atoms with Gasteiger partial charge in [-0.25, -0.2) is 15.2 Å². The van der Waals surface area contributed by atoms with Crippen LogP contribution in [0.15, 0.2) is 36.5 Å². The van der Waals surface area contributed by atoms with Gasteiger partial charge in [0.25, 0.3) is 0 Å². The van der Waals surface area contributed by atoms with Crippen molar-refractivity contribution in [3.63, 3.8) is 0 Å². The lowest BCUT2D eigenvalue weighted by molar-refractivity contribution is -0.117. The number of benzene rings is 1. The van der Waals surface area contributed by atoms with Crippen LogP contribution in [0.3, 0.4) is 0 Å². The number of carbonyl (C=O) groups excluding carboxylic acids is 1. The fourth-order valence-corrected chi connectivity index (χ4v) is 2.34. The minimum absolute atomic E-state index is 0.0231. The summed E-state index contributed by atoms with van der Waals surface area (Å²) in [6.07, 6.45) is 2.35. The largest absolute Gasteiger partial charge is 0.308 e. The summed E-state index contributed by atoms with van der Waals surface area (Å²) in [5.41, 5.74) is 6.95.